The molecule has 0 fully saturated rings. The number of anilines is 1. The number of rotatable bonds is 11. The fourth-order valence-corrected chi connectivity index (χ4v) is 2.41. The number of hydrogen-bond acceptors (Lipinski definition) is 4. The SMILES string of the molecule is CCOc1cc(/C=C/C(=O)NCCCNc2ccccc2)ccc1OC(F)F. The number of benzene rings is 2. The number of para-hydroxylation sites is 1. The predicted molar refractivity (Wildman–Crippen MR) is 106 cm³/mol. The molecule has 2 aromatic carbocycles. The van der Waals surface area contributed by atoms with Gasteiger partial charge >= 0.3 is 6.61 Å². The zero-order chi connectivity index (χ0) is 20.2. The molecule has 0 unspecified atom stereocenters. The van der Waals surface area contributed by atoms with Gasteiger partial charge in [-0.1, -0.05) is 24.3 Å². The Hall–Kier alpha value is -3.09. The fraction of sp³-hybridized carbons (Fsp3) is 0.286. The van der Waals surface area contributed by atoms with Gasteiger partial charge in [-0.25, -0.2) is 0 Å². The summed E-state index contributed by atoms with van der Waals surface area (Å²) in [7, 11) is 0. The van der Waals surface area contributed by atoms with Crippen LogP contribution in [0.4, 0.5) is 14.5 Å². The van der Waals surface area contributed by atoms with E-state index in [1.165, 1.54) is 12.1 Å². The van der Waals surface area contributed by atoms with Crippen LogP contribution in [0.3, 0.4) is 0 Å². The molecule has 0 atom stereocenters. The average molecular weight is 390 g/mol. The summed E-state index contributed by atoms with van der Waals surface area (Å²) < 4.78 is 34.6. The molecule has 2 rings (SSSR count). The van der Waals surface area contributed by atoms with Crippen molar-refractivity contribution in [3.05, 3.63) is 60.2 Å². The van der Waals surface area contributed by atoms with E-state index >= 15 is 0 Å². The van der Waals surface area contributed by atoms with Crippen molar-refractivity contribution in [1.82, 2.24) is 5.32 Å². The van der Waals surface area contributed by atoms with Crippen molar-refractivity contribution in [3.63, 3.8) is 0 Å². The minimum Gasteiger partial charge on any atom is -0.490 e. The molecule has 1 amide bonds. The first-order chi connectivity index (χ1) is 13.6. The normalized spacial score (nSPS) is 10.9. The highest BCUT2D eigenvalue weighted by atomic mass is 19.3. The first-order valence-electron chi connectivity index (χ1n) is 9.05. The van der Waals surface area contributed by atoms with Crippen molar-refractivity contribution >= 4 is 17.7 Å². The van der Waals surface area contributed by atoms with Gasteiger partial charge in [-0.15, -0.1) is 0 Å². The van der Waals surface area contributed by atoms with Crippen LogP contribution >= 0.6 is 0 Å². The minimum atomic E-state index is -2.93. The number of carbonyl (C=O) groups is 1. The molecule has 2 aromatic rings. The summed E-state index contributed by atoms with van der Waals surface area (Å²) in [5.41, 5.74) is 1.68. The van der Waals surface area contributed by atoms with Crippen LogP contribution in [0.25, 0.3) is 6.08 Å². The van der Waals surface area contributed by atoms with Gasteiger partial charge in [-0.2, -0.15) is 8.78 Å². The smallest absolute Gasteiger partial charge is 0.387 e. The maximum absolute atomic E-state index is 12.4. The standard InChI is InChI=1S/C21H24F2N2O3/c1-2-27-19-15-16(9-11-18(19)28-21(22)23)10-12-20(26)25-14-6-13-24-17-7-4-3-5-8-17/h3-5,7-12,15,21,24H,2,6,13-14H2,1H3,(H,25,26)/b12-10+. The van der Waals surface area contributed by atoms with E-state index in [2.05, 4.69) is 15.4 Å². The van der Waals surface area contributed by atoms with Gasteiger partial charge in [0.1, 0.15) is 0 Å². The first-order valence-corrected chi connectivity index (χ1v) is 9.05. The zero-order valence-electron chi connectivity index (χ0n) is 15.7. The molecule has 5 nitrogen and oxygen atoms in total. The minimum absolute atomic E-state index is 0.0376. The molecule has 0 bridgehead atoms. The van der Waals surface area contributed by atoms with Crippen molar-refractivity contribution < 1.29 is 23.0 Å². The second kappa shape index (κ2) is 11.6. The molecule has 0 saturated heterocycles. The fourth-order valence-electron chi connectivity index (χ4n) is 2.41. The lowest BCUT2D eigenvalue weighted by molar-refractivity contribution is -0.116. The van der Waals surface area contributed by atoms with E-state index in [-0.39, 0.29) is 17.4 Å². The summed E-state index contributed by atoms with van der Waals surface area (Å²) in [6, 6.07) is 14.3. The van der Waals surface area contributed by atoms with Crippen LogP contribution in [0.2, 0.25) is 0 Å². The van der Waals surface area contributed by atoms with Crippen molar-refractivity contribution in [3.8, 4) is 11.5 Å². The van der Waals surface area contributed by atoms with Gasteiger partial charge in [0.15, 0.2) is 11.5 Å². The van der Waals surface area contributed by atoms with Gasteiger partial charge in [0.2, 0.25) is 5.91 Å². The summed E-state index contributed by atoms with van der Waals surface area (Å²) in [6.07, 6.45) is 3.76. The lowest BCUT2D eigenvalue weighted by Crippen LogP contribution is -2.23. The largest absolute Gasteiger partial charge is 0.490 e. The highest BCUT2D eigenvalue weighted by Gasteiger charge is 2.11. The summed E-state index contributed by atoms with van der Waals surface area (Å²) in [6.45, 7) is 0.410. The highest BCUT2D eigenvalue weighted by molar-refractivity contribution is 5.91. The van der Waals surface area contributed by atoms with Crippen molar-refractivity contribution in [2.45, 2.75) is 20.0 Å². The van der Waals surface area contributed by atoms with E-state index in [4.69, 9.17) is 4.74 Å². The molecule has 0 saturated carbocycles. The van der Waals surface area contributed by atoms with Gasteiger partial charge in [0, 0.05) is 24.9 Å². The van der Waals surface area contributed by atoms with E-state index in [1.54, 1.807) is 25.1 Å². The predicted octanol–water partition coefficient (Wildman–Crippen LogP) is 4.32. The van der Waals surface area contributed by atoms with Crippen LogP contribution in [0.1, 0.15) is 18.9 Å². The van der Waals surface area contributed by atoms with Crippen molar-refractivity contribution in [1.29, 1.82) is 0 Å². The second-order valence-corrected chi connectivity index (χ2v) is 5.79. The Morgan fingerprint density at radius 1 is 1.11 bits per heavy atom. The monoisotopic (exact) mass is 390 g/mol. The molecular formula is C21H24F2N2O3. The molecule has 7 heteroatoms. The Balaban J connectivity index is 1.78. The molecule has 0 aliphatic heterocycles. The van der Waals surface area contributed by atoms with Crippen molar-refractivity contribution in [2.75, 3.05) is 25.0 Å². The quantitative estimate of drug-likeness (QED) is 0.443. The van der Waals surface area contributed by atoms with E-state index < -0.39 is 6.61 Å². The Labute approximate surface area is 163 Å². The Morgan fingerprint density at radius 3 is 2.61 bits per heavy atom. The van der Waals surface area contributed by atoms with Gasteiger partial charge < -0.3 is 20.1 Å². The van der Waals surface area contributed by atoms with Crippen LogP contribution in [0.15, 0.2) is 54.6 Å². The van der Waals surface area contributed by atoms with Gasteiger partial charge in [0.05, 0.1) is 6.61 Å². The second-order valence-electron chi connectivity index (χ2n) is 5.79. The molecule has 0 aliphatic rings. The van der Waals surface area contributed by atoms with Crippen LogP contribution in [-0.4, -0.2) is 32.2 Å². The lowest BCUT2D eigenvalue weighted by Gasteiger charge is -2.11. The number of amides is 1. The summed E-state index contributed by atoms with van der Waals surface area (Å²) in [5.74, 6) is -0.0627. The third-order valence-corrected chi connectivity index (χ3v) is 3.67. The van der Waals surface area contributed by atoms with Gasteiger partial charge in [0.25, 0.3) is 0 Å². The van der Waals surface area contributed by atoms with Crippen LogP contribution in [-0.2, 0) is 4.79 Å². The summed E-state index contributed by atoms with van der Waals surface area (Å²) >= 11 is 0. The Bertz CT molecular complexity index is 768. The van der Waals surface area contributed by atoms with E-state index in [0.717, 1.165) is 18.7 Å². The Kier molecular flexibility index (Phi) is 8.78. The molecule has 0 aromatic heterocycles. The van der Waals surface area contributed by atoms with E-state index in [1.807, 2.05) is 30.3 Å². The number of nitrogens with one attached hydrogen (secondary N) is 2. The third-order valence-electron chi connectivity index (χ3n) is 3.67. The average Bonchev–Trinajstić information content (AvgIpc) is 2.68. The lowest BCUT2D eigenvalue weighted by atomic mass is 10.2. The molecule has 0 spiro atoms. The van der Waals surface area contributed by atoms with Crippen molar-refractivity contribution in [2.24, 2.45) is 0 Å². The first kappa shape index (κ1) is 21.2. The maximum Gasteiger partial charge on any atom is 0.387 e. The van der Waals surface area contributed by atoms with Gasteiger partial charge in [-0.3, -0.25) is 4.79 Å². The van der Waals surface area contributed by atoms with Crippen LogP contribution in [0, 0.1) is 0 Å². The summed E-state index contributed by atoms with van der Waals surface area (Å²) in [5, 5.41) is 6.06. The number of hydrogen-bond donors (Lipinski definition) is 2. The molecular weight excluding hydrogens is 366 g/mol. The third kappa shape index (κ3) is 7.65. The number of alkyl halides is 2. The van der Waals surface area contributed by atoms with Crippen LogP contribution in [0.5, 0.6) is 11.5 Å². The van der Waals surface area contributed by atoms with Crippen LogP contribution < -0.4 is 20.1 Å². The topological polar surface area (TPSA) is 59.6 Å². The number of carbonyl (C=O) groups excluding carboxylic acids is 1. The molecule has 0 heterocycles. The zero-order valence-corrected chi connectivity index (χ0v) is 15.7. The maximum atomic E-state index is 12.4. The number of ether oxygens (including phenoxy) is 2. The molecule has 150 valence electrons. The summed E-state index contributed by atoms with van der Waals surface area (Å²) in [4.78, 5) is 11.9. The molecule has 0 aliphatic carbocycles. The highest BCUT2D eigenvalue weighted by Crippen LogP contribution is 2.30. The number of halogens is 2. The molecule has 28 heavy (non-hydrogen) atoms. The van der Waals surface area contributed by atoms with Gasteiger partial charge in [-0.05, 0) is 49.2 Å². The Morgan fingerprint density at radius 2 is 1.89 bits per heavy atom. The molecule has 0 radical (unpaired) electrons. The van der Waals surface area contributed by atoms with E-state index in [9.17, 15) is 13.6 Å². The van der Waals surface area contributed by atoms with E-state index in [0.29, 0.717) is 18.7 Å². The molecule has 2 N–H and O–H groups in total.